The minimum atomic E-state index is -0.791. The van der Waals surface area contributed by atoms with Crippen LogP contribution in [-0.2, 0) is 0 Å². The minimum absolute atomic E-state index is 0.429. The molecule has 5 heteroatoms. The Morgan fingerprint density at radius 2 is 1.74 bits per heavy atom. The van der Waals surface area contributed by atoms with E-state index in [2.05, 4.69) is 10.6 Å². The SMILES string of the molecule is O=C(NC=C1CCCCC1)Nc1c(F)cccc1F. The van der Waals surface area contributed by atoms with Gasteiger partial charge in [-0.25, -0.2) is 13.6 Å². The summed E-state index contributed by atoms with van der Waals surface area (Å²) in [5, 5.41) is 4.68. The maximum absolute atomic E-state index is 13.3. The second-order valence-corrected chi connectivity index (χ2v) is 4.56. The summed E-state index contributed by atoms with van der Waals surface area (Å²) >= 11 is 0. The first-order chi connectivity index (χ1) is 9.16. The van der Waals surface area contributed by atoms with Crippen LogP contribution in [0.5, 0.6) is 0 Å². The fourth-order valence-electron chi connectivity index (χ4n) is 2.08. The summed E-state index contributed by atoms with van der Waals surface area (Å²) < 4.78 is 26.6. The van der Waals surface area contributed by atoms with Crippen molar-refractivity contribution in [3.8, 4) is 0 Å². The molecule has 2 amide bonds. The van der Waals surface area contributed by atoms with Crippen molar-refractivity contribution in [3.05, 3.63) is 41.6 Å². The van der Waals surface area contributed by atoms with Crippen molar-refractivity contribution in [2.24, 2.45) is 0 Å². The van der Waals surface area contributed by atoms with Crippen LogP contribution < -0.4 is 10.6 Å². The molecule has 0 aromatic heterocycles. The van der Waals surface area contributed by atoms with Gasteiger partial charge < -0.3 is 10.6 Å². The van der Waals surface area contributed by atoms with E-state index in [-0.39, 0.29) is 0 Å². The maximum atomic E-state index is 13.3. The van der Waals surface area contributed by atoms with E-state index >= 15 is 0 Å². The summed E-state index contributed by atoms with van der Waals surface area (Å²) in [7, 11) is 0. The summed E-state index contributed by atoms with van der Waals surface area (Å²) in [5.41, 5.74) is 0.734. The van der Waals surface area contributed by atoms with Gasteiger partial charge in [0.1, 0.15) is 17.3 Å². The Labute approximate surface area is 110 Å². The average Bonchev–Trinajstić information content (AvgIpc) is 2.42. The molecule has 0 atom stereocenters. The number of halogens is 2. The molecule has 0 unspecified atom stereocenters. The number of carbonyl (C=O) groups is 1. The molecule has 3 nitrogen and oxygen atoms in total. The molecule has 1 aromatic rings. The summed E-state index contributed by atoms with van der Waals surface area (Å²) in [5.74, 6) is -1.58. The highest BCUT2D eigenvalue weighted by Gasteiger charge is 2.11. The van der Waals surface area contributed by atoms with Crippen molar-refractivity contribution in [1.29, 1.82) is 0 Å². The van der Waals surface area contributed by atoms with E-state index in [4.69, 9.17) is 0 Å². The lowest BCUT2D eigenvalue weighted by atomic mass is 9.96. The number of para-hydroxylation sites is 1. The Balaban J connectivity index is 1.94. The molecule has 0 bridgehead atoms. The topological polar surface area (TPSA) is 41.1 Å². The highest BCUT2D eigenvalue weighted by atomic mass is 19.1. The van der Waals surface area contributed by atoms with Crippen molar-refractivity contribution >= 4 is 11.7 Å². The van der Waals surface area contributed by atoms with E-state index < -0.39 is 23.4 Å². The van der Waals surface area contributed by atoms with Gasteiger partial charge in [0.25, 0.3) is 0 Å². The van der Waals surface area contributed by atoms with Crippen molar-refractivity contribution in [3.63, 3.8) is 0 Å². The fourth-order valence-corrected chi connectivity index (χ4v) is 2.08. The van der Waals surface area contributed by atoms with Gasteiger partial charge in [-0.05, 0) is 37.8 Å². The molecule has 1 aromatic carbocycles. The Bertz CT molecular complexity index is 472. The lowest BCUT2D eigenvalue weighted by Crippen LogP contribution is -2.25. The van der Waals surface area contributed by atoms with Crippen molar-refractivity contribution in [2.75, 3.05) is 5.32 Å². The zero-order valence-corrected chi connectivity index (χ0v) is 10.5. The monoisotopic (exact) mass is 266 g/mol. The number of hydrogen-bond acceptors (Lipinski definition) is 1. The highest BCUT2D eigenvalue weighted by Crippen LogP contribution is 2.22. The quantitative estimate of drug-likeness (QED) is 0.836. The summed E-state index contributed by atoms with van der Waals surface area (Å²) in [4.78, 5) is 11.6. The van der Waals surface area contributed by atoms with E-state index in [1.54, 1.807) is 6.20 Å². The predicted octanol–water partition coefficient (Wildman–Crippen LogP) is 3.93. The van der Waals surface area contributed by atoms with E-state index in [0.717, 1.165) is 43.4 Å². The van der Waals surface area contributed by atoms with Crippen LogP contribution in [-0.4, -0.2) is 6.03 Å². The Morgan fingerprint density at radius 3 is 2.37 bits per heavy atom. The molecule has 2 rings (SSSR count). The molecule has 102 valence electrons. The molecule has 0 spiro atoms. The normalized spacial score (nSPS) is 14.9. The van der Waals surface area contributed by atoms with Gasteiger partial charge in [0.15, 0.2) is 0 Å². The standard InChI is InChI=1S/C14H16F2N2O/c15-11-7-4-8-12(16)13(11)18-14(19)17-9-10-5-2-1-3-6-10/h4,7-9H,1-3,5-6H2,(H2,17,18,19). The van der Waals surface area contributed by atoms with Gasteiger partial charge in [0.2, 0.25) is 0 Å². The molecule has 1 fully saturated rings. The first kappa shape index (κ1) is 13.5. The van der Waals surface area contributed by atoms with Gasteiger partial charge in [-0.2, -0.15) is 0 Å². The van der Waals surface area contributed by atoms with Crippen LogP contribution >= 0.6 is 0 Å². The third-order valence-electron chi connectivity index (χ3n) is 3.10. The second kappa shape index (κ2) is 6.31. The molecule has 0 saturated heterocycles. The van der Waals surface area contributed by atoms with E-state index in [9.17, 15) is 13.6 Å². The number of benzene rings is 1. The zero-order chi connectivity index (χ0) is 13.7. The molecule has 19 heavy (non-hydrogen) atoms. The lowest BCUT2D eigenvalue weighted by molar-refractivity contribution is 0.254. The van der Waals surface area contributed by atoms with Crippen LogP contribution in [0.4, 0.5) is 19.3 Å². The molecular weight excluding hydrogens is 250 g/mol. The number of urea groups is 1. The number of anilines is 1. The summed E-state index contributed by atoms with van der Waals surface area (Å²) in [6.45, 7) is 0. The molecule has 0 aliphatic heterocycles. The first-order valence-electron chi connectivity index (χ1n) is 6.36. The van der Waals surface area contributed by atoms with Crippen molar-refractivity contribution < 1.29 is 13.6 Å². The van der Waals surface area contributed by atoms with E-state index in [1.165, 1.54) is 12.5 Å². The Morgan fingerprint density at radius 1 is 1.11 bits per heavy atom. The van der Waals surface area contributed by atoms with Gasteiger partial charge in [-0.15, -0.1) is 0 Å². The number of carbonyl (C=O) groups excluding carboxylic acids is 1. The van der Waals surface area contributed by atoms with Crippen LogP contribution in [0.25, 0.3) is 0 Å². The van der Waals surface area contributed by atoms with E-state index in [0.29, 0.717) is 0 Å². The smallest absolute Gasteiger partial charge is 0.314 e. The second-order valence-electron chi connectivity index (χ2n) is 4.56. The maximum Gasteiger partial charge on any atom is 0.323 e. The lowest BCUT2D eigenvalue weighted by Gasteiger charge is -2.13. The van der Waals surface area contributed by atoms with Crippen LogP contribution in [0.3, 0.4) is 0 Å². The Kier molecular flexibility index (Phi) is 4.49. The zero-order valence-electron chi connectivity index (χ0n) is 10.5. The van der Waals surface area contributed by atoms with Crippen LogP contribution in [0.15, 0.2) is 30.0 Å². The van der Waals surface area contributed by atoms with Crippen molar-refractivity contribution in [1.82, 2.24) is 5.32 Å². The molecule has 2 N–H and O–H groups in total. The molecule has 1 saturated carbocycles. The summed E-state index contributed by atoms with van der Waals surface area (Å²) in [6, 6.07) is 2.80. The largest absolute Gasteiger partial charge is 0.323 e. The van der Waals surface area contributed by atoms with Gasteiger partial charge in [0, 0.05) is 6.20 Å². The summed E-state index contributed by atoms with van der Waals surface area (Å²) in [6.07, 6.45) is 7.02. The molecule has 1 aliphatic rings. The van der Waals surface area contributed by atoms with Crippen LogP contribution in [0.1, 0.15) is 32.1 Å². The minimum Gasteiger partial charge on any atom is -0.314 e. The van der Waals surface area contributed by atoms with Gasteiger partial charge in [-0.1, -0.05) is 18.1 Å². The Hall–Kier alpha value is -1.91. The molecule has 0 heterocycles. The third-order valence-corrected chi connectivity index (χ3v) is 3.10. The number of hydrogen-bond donors (Lipinski definition) is 2. The predicted molar refractivity (Wildman–Crippen MR) is 69.7 cm³/mol. The van der Waals surface area contributed by atoms with Gasteiger partial charge in [-0.3, -0.25) is 0 Å². The van der Waals surface area contributed by atoms with Crippen molar-refractivity contribution in [2.45, 2.75) is 32.1 Å². The molecule has 1 aliphatic carbocycles. The molecular formula is C14H16F2N2O. The highest BCUT2D eigenvalue weighted by molar-refractivity contribution is 5.90. The van der Waals surface area contributed by atoms with Crippen LogP contribution in [0, 0.1) is 11.6 Å². The third kappa shape index (κ3) is 3.77. The number of amides is 2. The number of rotatable bonds is 2. The van der Waals surface area contributed by atoms with Gasteiger partial charge in [0.05, 0.1) is 0 Å². The van der Waals surface area contributed by atoms with Crippen LogP contribution in [0.2, 0.25) is 0 Å². The number of allylic oxidation sites excluding steroid dienone is 1. The fraction of sp³-hybridized carbons (Fsp3) is 0.357. The molecule has 0 radical (unpaired) electrons. The number of nitrogens with one attached hydrogen (secondary N) is 2. The van der Waals surface area contributed by atoms with E-state index in [1.807, 2.05) is 0 Å². The van der Waals surface area contributed by atoms with Gasteiger partial charge >= 0.3 is 6.03 Å². The first-order valence-corrected chi connectivity index (χ1v) is 6.36. The average molecular weight is 266 g/mol.